The van der Waals surface area contributed by atoms with Gasteiger partial charge in [0.25, 0.3) is 0 Å². The van der Waals surface area contributed by atoms with Crippen LogP contribution in [0, 0.1) is 0 Å². The van der Waals surface area contributed by atoms with Gasteiger partial charge in [-0.3, -0.25) is 4.90 Å². The number of amides is 1. The van der Waals surface area contributed by atoms with E-state index in [9.17, 15) is 14.3 Å². The number of alkyl halides is 1. The molecule has 0 aliphatic carbocycles. The van der Waals surface area contributed by atoms with E-state index in [1.807, 2.05) is 24.3 Å². The Hall–Kier alpha value is -3.90. The monoisotopic (exact) mass is 594 g/mol. The highest BCUT2D eigenvalue weighted by atomic mass is 19.1. The lowest BCUT2D eigenvalue weighted by Crippen LogP contribution is -2.49. The van der Waals surface area contributed by atoms with Crippen molar-refractivity contribution in [1.29, 1.82) is 0 Å². The lowest BCUT2D eigenvalue weighted by atomic mass is 10.0. The normalized spacial score (nSPS) is 19.4. The van der Waals surface area contributed by atoms with Crippen LogP contribution in [0.1, 0.15) is 24.1 Å². The molecule has 0 unspecified atom stereocenters. The van der Waals surface area contributed by atoms with Gasteiger partial charge in [0, 0.05) is 75.6 Å². The zero-order valence-corrected chi connectivity index (χ0v) is 24.6. The summed E-state index contributed by atoms with van der Waals surface area (Å²) in [4.78, 5) is 29.2. The third-order valence-electron chi connectivity index (χ3n) is 8.46. The molecule has 2 fully saturated rings. The number of carboxylic acid groups (broad SMARTS) is 1. The number of nitrogens with zero attached hydrogens (tertiary/aromatic N) is 6. The van der Waals surface area contributed by atoms with Crippen molar-refractivity contribution in [3.05, 3.63) is 47.7 Å². The van der Waals surface area contributed by atoms with Crippen molar-refractivity contribution in [2.24, 2.45) is 0 Å². The first kappa shape index (κ1) is 29.2. The lowest BCUT2D eigenvalue weighted by molar-refractivity contribution is 0.0512. The highest BCUT2D eigenvalue weighted by Crippen LogP contribution is 2.37. The Morgan fingerprint density at radius 1 is 1.05 bits per heavy atom. The van der Waals surface area contributed by atoms with Crippen LogP contribution in [0.3, 0.4) is 0 Å². The minimum absolute atomic E-state index is 0.163. The minimum Gasteiger partial charge on any atom is -0.467 e. The Morgan fingerprint density at radius 2 is 1.88 bits per heavy atom. The molecule has 1 amide bonds. The van der Waals surface area contributed by atoms with E-state index in [2.05, 4.69) is 26.8 Å². The fourth-order valence-corrected chi connectivity index (χ4v) is 6.23. The smallest absolute Gasteiger partial charge is 0.407 e. The van der Waals surface area contributed by atoms with Crippen LogP contribution in [0.5, 0.6) is 11.8 Å². The van der Waals surface area contributed by atoms with E-state index in [0.29, 0.717) is 64.9 Å². The van der Waals surface area contributed by atoms with Crippen LogP contribution in [-0.4, -0.2) is 110 Å². The Balaban J connectivity index is 1.27. The second-order valence-electron chi connectivity index (χ2n) is 11.3. The van der Waals surface area contributed by atoms with Gasteiger partial charge in [0.2, 0.25) is 0 Å². The first-order valence-electron chi connectivity index (χ1n) is 15.0. The van der Waals surface area contributed by atoms with Crippen LogP contribution in [-0.2, 0) is 17.7 Å². The molecule has 6 rings (SSSR count). The summed E-state index contributed by atoms with van der Waals surface area (Å²) in [6.07, 6.45) is 0.515. The van der Waals surface area contributed by atoms with Crippen LogP contribution < -0.4 is 19.3 Å². The van der Waals surface area contributed by atoms with E-state index in [4.69, 9.17) is 24.2 Å². The van der Waals surface area contributed by atoms with Gasteiger partial charge >= 0.3 is 12.1 Å². The summed E-state index contributed by atoms with van der Waals surface area (Å²) >= 11 is 0. The van der Waals surface area contributed by atoms with Crippen molar-refractivity contribution in [1.82, 2.24) is 19.8 Å². The summed E-state index contributed by atoms with van der Waals surface area (Å²) in [5.74, 6) is 1.55. The van der Waals surface area contributed by atoms with Crippen LogP contribution in [0.2, 0.25) is 0 Å². The lowest BCUT2D eigenvalue weighted by Gasteiger charge is -2.37. The summed E-state index contributed by atoms with van der Waals surface area (Å²) in [7, 11) is 1.60. The van der Waals surface area contributed by atoms with E-state index < -0.39 is 12.3 Å². The van der Waals surface area contributed by atoms with Crippen LogP contribution >= 0.6 is 0 Å². The van der Waals surface area contributed by atoms with E-state index in [1.54, 1.807) is 7.11 Å². The van der Waals surface area contributed by atoms with Gasteiger partial charge in [-0.1, -0.05) is 24.3 Å². The maximum Gasteiger partial charge on any atom is 0.407 e. The van der Waals surface area contributed by atoms with Gasteiger partial charge < -0.3 is 34.0 Å². The quantitative estimate of drug-likeness (QED) is 0.368. The number of likely N-dealkylation sites (tertiary alicyclic amines) is 1. The number of piperazine rings is 1. The molecular formula is C31H39FN6O5. The van der Waals surface area contributed by atoms with Crippen LogP contribution in [0.15, 0.2) is 36.4 Å². The fourth-order valence-electron chi connectivity index (χ4n) is 6.23. The van der Waals surface area contributed by atoms with E-state index in [0.717, 1.165) is 65.2 Å². The number of aromatic nitrogens is 2. The standard InChI is InChI=1S/C31H39FN6O5/c1-41-21-43-24-17-22-5-2-3-7-25(22)28(18-24)38-10-8-26-27(20-38)33-30(42-16-15-35-9-4-6-23(32)19-35)34-29(26)36-11-13-37(14-12-36)31(39)40/h2-3,5,7,17-18,23H,4,6,8-16,19-21H2,1H3,(H,39,40)/t23-/m0/s1. The van der Waals surface area contributed by atoms with Crippen molar-refractivity contribution in [3.8, 4) is 11.8 Å². The van der Waals surface area contributed by atoms with Gasteiger partial charge in [0.05, 0.1) is 12.2 Å². The molecule has 0 spiro atoms. The Kier molecular flexibility index (Phi) is 8.94. The molecule has 2 saturated heterocycles. The molecule has 12 heteroatoms. The molecular weight excluding hydrogens is 555 g/mol. The molecule has 11 nitrogen and oxygen atoms in total. The SMILES string of the molecule is COCOc1cc(N2CCc3c(nc(OCCN4CCC[C@H](F)C4)nc3N3CCN(C(=O)O)CC3)C2)c2ccccc2c1. The molecule has 3 aromatic rings. The number of rotatable bonds is 9. The molecule has 3 aliphatic rings. The molecule has 2 aromatic carbocycles. The number of fused-ring (bicyclic) bond motifs is 2. The molecule has 1 atom stereocenters. The van der Waals surface area contributed by atoms with Crippen molar-refractivity contribution in [2.45, 2.75) is 32.0 Å². The van der Waals surface area contributed by atoms with Gasteiger partial charge in [-0.2, -0.15) is 9.97 Å². The van der Waals surface area contributed by atoms with Crippen molar-refractivity contribution < 1.29 is 28.5 Å². The van der Waals surface area contributed by atoms with Gasteiger partial charge in [-0.15, -0.1) is 0 Å². The molecule has 0 saturated carbocycles. The first-order chi connectivity index (χ1) is 21.0. The molecule has 4 heterocycles. The zero-order chi connectivity index (χ0) is 29.8. The van der Waals surface area contributed by atoms with E-state index >= 15 is 0 Å². The number of benzene rings is 2. The number of hydrogen-bond donors (Lipinski definition) is 1. The van der Waals surface area contributed by atoms with Crippen LogP contribution in [0.4, 0.5) is 20.7 Å². The van der Waals surface area contributed by atoms with Crippen molar-refractivity contribution in [3.63, 3.8) is 0 Å². The number of halogens is 1. The molecule has 43 heavy (non-hydrogen) atoms. The summed E-state index contributed by atoms with van der Waals surface area (Å²) < 4.78 is 31.0. The van der Waals surface area contributed by atoms with Crippen LogP contribution in [0.25, 0.3) is 10.8 Å². The maximum absolute atomic E-state index is 13.9. The molecule has 0 radical (unpaired) electrons. The summed E-state index contributed by atoms with van der Waals surface area (Å²) in [6, 6.07) is 12.6. The Bertz CT molecular complexity index is 1440. The predicted molar refractivity (Wildman–Crippen MR) is 161 cm³/mol. The third kappa shape index (κ3) is 6.70. The summed E-state index contributed by atoms with van der Waals surface area (Å²) in [6.45, 7) is 5.68. The van der Waals surface area contributed by atoms with Crippen molar-refractivity contribution >= 4 is 28.4 Å². The topological polar surface area (TPSA) is 104 Å². The Labute approximate surface area is 250 Å². The summed E-state index contributed by atoms with van der Waals surface area (Å²) in [5.41, 5.74) is 3.01. The Morgan fingerprint density at radius 3 is 2.67 bits per heavy atom. The zero-order valence-electron chi connectivity index (χ0n) is 24.6. The third-order valence-corrected chi connectivity index (χ3v) is 8.46. The number of piperidine rings is 1. The predicted octanol–water partition coefficient (Wildman–Crippen LogP) is 3.79. The highest BCUT2D eigenvalue weighted by Gasteiger charge is 2.29. The number of hydrogen-bond acceptors (Lipinski definition) is 9. The number of methoxy groups -OCH3 is 1. The minimum atomic E-state index is -0.902. The summed E-state index contributed by atoms with van der Waals surface area (Å²) in [5, 5.41) is 11.6. The van der Waals surface area contributed by atoms with Crippen molar-refractivity contribution in [2.75, 3.05) is 82.7 Å². The fraction of sp³-hybridized carbons (Fsp3) is 0.516. The average Bonchev–Trinajstić information content (AvgIpc) is 3.03. The highest BCUT2D eigenvalue weighted by molar-refractivity contribution is 5.95. The van der Waals surface area contributed by atoms with Gasteiger partial charge in [0.15, 0.2) is 6.79 Å². The van der Waals surface area contributed by atoms with E-state index in [-0.39, 0.29) is 6.79 Å². The van der Waals surface area contributed by atoms with Gasteiger partial charge in [0.1, 0.15) is 24.3 Å². The number of anilines is 2. The number of carbonyl (C=O) groups is 1. The number of ether oxygens (including phenoxy) is 3. The molecule has 0 bridgehead atoms. The molecule has 1 N–H and O–H groups in total. The second-order valence-corrected chi connectivity index (χ2v) is 11.3. The van der Waals surface area contributed by atoms with Gasteiger partial charge in [-0.05, 0) is 37.3 Å². The molecule has 1 aromatic heterocycles. The molecule has 3 aliphatic heterocycles. The molecule has 230 valence electrons. The second kappa shape index (κ2) is 13.2. The average molecular weight is 595 g/mol. The first-order valence-corrected chi connectivity index (χ1v) is 15.0. The largest absolute Gasteiger partial charge is 0.467 e. The van der Waals surface area contributed by atoms with Gasteiger partial charge in [-0.25, -0.2) is 9.18 Å². The van der Waals surface area contributed by atoms with E-state index in [1.165, 1.54) is 4.90 Å². The maximum atomic E-state index is 13.9.